The van der Waals surface area contributed by atoms with E-state index in [-0.39, 0.29) is 22.1 Å². The van der Waals surface area contributed by atoms with Crippen molar-refractivity contribution in [3.8, 4) is 0 Å². The van der Waals surface area contributed by atoms with Crippen molar-refractivity contribution >= 4 is 27.2 Å². The van der Waals surface area contributed by atoms with Crippen molar-refractivity contribution in [3.63, 3.8) is 0 Å². The molecule has 0 fully saturated rings. The number of nitrogens with two attached hydrogens (primary N) is 1. The van der Waals surface area contributed by atoms with Crippen LogP contribution in [-0.4, -0.2) is 23.1 Å². The summed E-state index contributed by atoms with van der Waals surface area (Å²) in [6, 6.07) is 4.72. The van der Waals surface area contributed by atoms with Crippen LogP contribution >= 0.6 is 0 Å². The lowest BCUT2D eigenvalue weighted by atomic mass is 10.3. The van der Waals surface area contributed by atoms with Crippen molar-refractivity contribution in [1.29, 1.82) is 0 Å². The van der Waals surface area contributed by atoms with Gasteiger partial charge in [0.05, 0.1) is 9.82 Å². The SMILES string of the molecule is Cn1ccc(NS(=O)(=O)c2ccc([N+](=O)[O-])c(NN)c2)n1. The zero-order valence-electron chi connectivity index (χ0n) is 10.8. The number of hydrogen-bond acceptors (Lipinski definition) is 7. The summed E-state index contributed by atoms with van der Waals surface area (Å²) in [5.41, 5.74) is 1.67. The summed E-state index contributed by atoms with van der Waals surface area (Å²) < 4.78 is 28.0. The van der Waals surface area contributed by atoms with Gasteiger partial charge in [-0.2, -0.15) is 5.10 Å². The van der Waals surface area contributed by atoms with Crippen LogP contribution in [0.1, 0.15) is 0 Å². The summed E-state index contributed by atoms with van der Waals surface area (Å²) >= 11 is 0. The van der Waals surface area contributed by atoms with Gasteiger partial charge in [-0.15, -0.1) is 0 Å². The van der Waals surface area contributed by atoms with Gasteiger partial charge in [0.2, 0.25) is 0 Å². The topological polar surface area (TPSA) is 145 Å². The molecule has 0 saturated carbocycles. The van der Waals surface area contributed by atoms with Gasteiger partial charge in [0.25, 0.3) is 15.7 Å². The lowest BCUT2D eigenvalue weighted by Gasteiger charge is -2.07. The van der Waals surface area contributed by atoms with Crippen LogP contribution in [0.3, 0.4) is 0 Å². The van der Waals surface area contributed by atoms with Gasteiger partial charge in [-0.25, -0.2) is 8.42 Å². The first-order valence-corrected chi connectivity index (χ1v) is 7.09. The molecule has 1 aromatic heterocycles. The molecule has 0 atom stereocenters. The summed E-state index contributed by atoms with van der Waals surface area (Å²) in [6.07, 6.45) is 1.57. The lowest BCUT2D eigenvalue weighted by Crippen LogP contribution is -2.15. The highest BCUT2D eigenvalue weighted by Crippen LogP contribution is 2.27. The van der Waals surface area contributed by atoms with Gasteiger partial charge in [0.1, 0.15) is 5.69 Å². The Kier molecular flexibility index (Phi) is 3.78. The molecule has 10 nitrogen and oxygen atoms in total. The maximum Gasteiger partial charge on any atom is 0.293 e. The van der Waals surface area contributed by atoms with E-state index in [0.717, 1.165) is 18.2 Å². The Hall–Kier alpha value is -2.66. The number of anilines is 2. The Labute approximate surface area is 119 Å². The van der Waals surface area contributed by atoms with Gasteiger partial charge in [0.15, 0.2) is 5.82 Å². The highest BCUT2D eigenvalue weighted by Gasteiger charge is 2.20. The van der Waals surface area contributed by atoms with Crippen LogP contribution in [0.2, 0.25) is 0 Å². The van der Waals surface area contributed by atoms with Crippen molar-refractivity contribution in [2.45, 2.75) is 4.90 Å². The van der Waals surface area contributed by atoms with Gasteiger partial charge in [-0.1, -0.05) is 0 Å². The molecule has 21 heavy (non-hydrogen) atoms. The number of nitrogens with zero attached hydrogens (tertiary/aromatic N) is 3. The molecule has 2 rings (SSSR count). The Bertz CT molecular complexity index is 785. The zero-order valence-corrected chi connectivity index (χ0v) is 11.7. The number of aryl methyl sites for hydroxylation is 1. The number of nitrogens with one attached hydrogen (secondary N) is 2. The fourth-order valence-electron chi connectivity index (χ4n) is 1.62. The summed E-state index contributed by atoms with van der Waals surface area (Å²) in [7, 11) is -2.28. The third-order valence-electron chi connectivity index (χ3n) is 2.58. The highest BCUT2D eigenvalue weighted by molar-refractivity contribution is 7.92. The molecule has 0 radical (unpaired) electrons. The molecule has 0 amide bonds. The lowest BCUT2D eigenvalue weighted by molar-refractivity contribution is -0.384. The van der Waals surface area contributed by atoms with Gasteiger partial charge < -0.3 is 5.43 Å². The first-order valence-electron chi connectivity index (χ1n) is 5.61. The second-order valence-electron chi connectivity index (χ2n) is 4.06. The molecular weight excluding hydrogens is 300 g/mol. The van der Waals surface area contributed by atoms with Crippen molar-refractivity contribution in [3.05, 3.63) is 40.6 Å². The third kappa shape index (κ3) is 3.09. The quantitative estimate of drug-likeness (QED) is 0.412. The van der Waals surface area contributed by atoms with Crippen LogP contribution in [0.4, 0.5) is 17.2 Å². The van der Waals surface area contributed by atoms with E-state index in [4.69, 9.17) is 5.84 Å². The number of aromatic nitrogens is 2. The number of hydrazine groups is 1. The average Bonchev–Trinajstić information content (AvgIpc) is 2.82. The summed E-state index contributed by atoms with van der Waals surface area (Å²) in [5, 5.41) is 14.7. The van der Waals surface area contributed by atoms with Crippen molar-refractivity contribution in [2.75, 3.05) is 10.1 Å². The second-order valence-corrected chi connectivity index (χ2v) is 5.74. The Morgan fingerprint density at radius 2 is 2.10 bits per heavy atom. The van der Waals surface area contributed by atoms with E-state index in [2.05, 4.69) is 15.2 Å². The minimum absolute atomic E-state index is 0.108. The standard InChI is InChI=1S/C10H12N6O4S/c1-15-5-4-10(13-15)14-21(19,20)7-2-3-9(16(17)18)8(6-7)12-11/h2-6,12H,11H2,1H3,(H,13,14). The van der Waals surface area contributed by atoms with E-state index in [1.165, 1.54) is 10.7 Å². The van der Waals surface area contributed by atoms with E-state index in [1.807, 2.05) is 0 Å². The number of nitro groups is 1. The zero-order chi connectivity index (χ0) is 15.6. The fourth-order valence-corrected chi connectivity index (χ4v) is 2.65. The van der Waals surface area contributed by atoms with Crippen LogP contribution in [0, 0.1) is 10.1 Å². The maximum atomic E-state index is 12.2. The van der Waals surface area contributed by atoms with E-state index in [0.29, 0.717) is 0 Å². The molecule has 0 spiro atoms. The average molecular weight is 312 g/mol. The Morgan fingerprint density at radius 3 is 2.62 bits per heavy atom. The molecule has 11 heteroatoms. The number of benzene rings is 1. The molecular formula is C10H12N6O4S. The van der Waals surface area contributed by atoms with E-state index in [9.17, 15) is 18.5 Å². The molecule has 0 aliphatic carbocycles. The number of hydrogen-bond donors (Lipinski definition) is 3. The molecule has 2 aromatic rings. The van der Waals surface area contributed by atoms with E-state index < -0.39 is 14.9 Å². The van der Waals surface area contributed by atoms with Crippen LogP contribution in [0.5, 0.6) is 0 Å². The van der Waals surface area contributed by atoms with Gasteiger partial charge >= 0.3 is 0 Å². The highest BCUT2D eigenvalue weighted by atomic mass is 32.2. The maximum absolute atomic E-state index is 12.2. The normalized spacial score (nSPS) is 11.1. The van der Waals surface area contributed by atoms with Crippen LogP contribution < -0.4 is 16.0 Å². The molecule has 1 aromatic carbocycles. The number of nitrogen functional groups attached to an aromatic ring is 1. The van der Waals surface area contributed by atoms with Gasteiger partial charge in [0, 0.05) is 25.4 Å². The molecule has 4 N–H and O–H groups in total. The number of sulfonamides is 1. The van der Waals surface area contributed by atoms with Crippen LogP contribution in [0.25, 0.3) is 0 Å². The predicted octanol–water partition coefficient (Wildman–Crippen LogP) is 0.415. The molecule has 1 heterocycles. The van der Waals surface area contributed by atoms with Crippen molar-refractivity contribution < 1.29 is 13.3 Å². The number of nitro benzene ring substituents is 1. The Balaban J connectivity index is 2.38. The largest absolute Gasteiger partial charge is 0.318 e. The predicted molar refractivity (Wildman–Crippen MR) is 74.9 cm³/mol. The van der Waals surface area contributed by atoms with Crippen LogP contribution in [-0.2, 0) is 17.1 Å². The molecule has 0 aliphatic heterocycles. The molecule has 0 aliphatic rings. The molecule has 112 valence electrons. The first-order chi connectivity index (χ1) is 9.83. The molecule has 0 unspecified atom stereocenters. The minimum Gasteiger partial charge on any atom is -0.318 e. The number of rotatable bonds is 5. The van der Waals surface area contributed by atoms with Crippen molar-refractivity contribution in [1.82, 2.24) is 9.78 Å². The molecule has 0 saturated heterocycles. The fraction of sp³-hybridized carbons (Fsp3) is 0.100. The van der Waals surface area contributed by atoms with Gasteiger partial charge in [-0.3, -0.25) is 25.4 Å². The van der Waals surface area contributed by atoms with E-state index >= 15 is 0 Å². The summed E-state index contributed by atoms with van der Waals surface area (Å²) in [5.74, 6) is 5.31. The summed E-state index contributed by atoms with van der Waals surface area (Å²) in [4.78, 5) is 9.92. The van der Waals surface area contributed by atoms with E-state index in [1.54, 1.807) is 13.2 Å². The second kappa shape index (κ2) is 5.38. The van der Waals surface area contributed by atoms with Gasteiger partial charge in [-0.05, 0) is 12.1 Å². The summed E-state index contributed by atoms with van der Waals surface area (Å²) in [6.45, 7) is 0. The minimum atomic E-state index is -3.92. The monoisotopic (exact) mass is 312 g/mol. The van der Waals surface area contributed by atoms with Crippen LogP contribution in [0.15, 0.2) is 35.4 Å². The van der Waals surface area contributed by atoms with Crippen molar-refractivity contribution in [2.24, 2.45) is 12.9 Å². The molecule has 0 bridgehead atoms. The first kappa shape index (κ1) is 14.7. The smallest absolute Gasteiger partial charge is 0.293 e. The Morgan fingerprint density at radius 1 is 1.38 bits per heavy atom. The third-order valence-corrected chi connectivity index (χ3v) is 3.94.